The molecule has 0 bridgehead atoms. The van der Waals surface area contributed by atoms with Crippen LogP contribution >= 0.6 is 11.8 Å². The normalized spacial score (nSPS) is 9.92. The van der Waals surface area contributed by atoms with Crippen molar-refractivity contribution in [3.8, 4) is 0 Å². The van der Waals surface area contributed by atoms with Crippen LogP contribution < -0.4 is 5.32 Å². The lowest BCUT2D eigenvalue weighted by Gasteiger charge is -2.00. The van der Waals surface area contributed by atoms with Crippen LogP contribution in [0.4, 0.5) is 0 Å². The molecule has 0 spiro atoms. The summed E-state index contributed by atoms with van der Waals surface area (Å²) in [5.74, 6) is 1.31. The van der Waals surface area contributed by atoms with Crippen LogP contribution in [-0.4, -0.2) is 24.5 Å². The van der Waals surface area contributed by atoms with Crippen LogP contribution in [0.5, 0.6) is 0 Å². The molecule has 0 radical (unpaired) electrons. The number of hydrogen-bond donors (Lipinski definition) is 1. The van der Waals surface area contributed by atoms with Crippen molar-refractivity contribution in [2.24, 2.45) is 0 Å². The number of amides is 1. The number of carbonyl (C=O) groups is 1. The minimum Gasteiger partial charge on any atom is -0.459 e. The maximum absolute atomic E-state index is 11.3. The maximum Gasteiger partial charge on any atom is 0.286 e. The molecule has 0 atom stereocenters. The summed E-state index contributed by atoms with van der Waals surface area (Å²) in [5.41, 5.74) is 0. The van der Waals surface area contributed by atoms with Crippen LogP contribution in [0, 0.1) is 0 Å². The highest BCUT2D eigenvalue weighted by atomic mass is 32.2. The summed E-state index contributed by atoms with van der Waals surface area (Å²) in [6.07, 6.45) is 4.54. The van der Waals surface area contributed by atoms with E-state index in [1.165, 1.54) is 6.26 Å². The van der Waals surface area contributed by atoms with Crippen LogP contribution in [0.1, 0.15) is 17.0 Å². The Balaban J connectivity index is 2.19. The summed E-state index contributed by atoms with van der Waals surface area (Å²) in [4.78, 5) is 11.3. The lowest BCUT2D eigenvalue weighted by Crippen LogP contribution is -2.24. The van der Waals surface area contributed by atoms with Gasteiger partial charge in [0.05, 0.1) is 6.26 Å². The van der Waals surface area contributed by atoms with Crippen LogP contribution in [-0.2, 0) is 0 Å². The third-order valence-electron chi connectivity index (χ3n) is 1.56. The fourth-order valence-electron chi connectivity index (χ4n) is 0.913. The van der Waals surface area contributed by atoms with E-state index in [2.05, 4.69) is 5.32 Å². The molecular weight excluding hydrogens is 186 g/mol. The first kappa shape index (κ1) is 10.2. The Kier molecular flexibility index (Phi) is 4.46. The van der Waals surface area contributed by atoms with E-state index in [1.807, 2.05) is 6.26 Å². The van der Waals surface area contributed by atoms with E-state index in [0.717, 1.165) is 12.2 Å². The Morgan fingerprint density at radius 3 is 3.15 bits per heavy atom. The van der Waals surface area contributed by atoms with E-state index in [4.69, 9.17) is 4.42 Å². The topological polar surface area (TPSA) is 42.2 Å². The summed E-state index contributed by atoms with van der Waals surface area (Å²) >= 11 is 1.78. The lowest BCUT2D eigenvalue weighted by molar-refractivity contribution is 0.0926. The van der Waals surface area contributed by atoms with Gasteiger partial charge in [0.25, 0.3) is 5.91 Å². The Morgan fingerprint density at radius 2 is 2.54 bits per heavy atom. The molecule has 4 heteroatoms. The molecule has 0 aliphatic heterocycles. The van der Waals surface area contributed by atoms with Gasteiger partial charge in [-0.2, -0.15) is 11.8 Å². The number of rotatable bonds is 5. The van der Waals surface area contributed by atoms with Gasteiger partial charge in [0, 0.05) is 6.54 Å². The van der Waals surface area contributed by atoms with E-state index in [9.17, 15) is 4.79 Å². The number of nitrogens with one attached hydrogen (secondary N) is 1. The molecule has 0 fully saturated rings. The number of carbonyl (C=O) groups excluding carboxylic acids is 1. The van der Waals surface area contributed by atoms with Crippen LogP contribution in [0.25, 0.3) is 0 Å². The highest BCUT2D eigenvalue weighted by Gasteiger charge is 2.05. The minimum absolute atomic E-state index is 0.133. The van der Waals surface area contributed by atoms with Gasteiger partial charge in [-0.15, -0.1) is 0 Å². The van der Waals surface area contributed by atoms with E-state index >= 15 is 0 Å². The van der Waals surface area contributed by atoms with Crippen molar-refractivity contribution < 1.29 is 9.21 Å². The molecule has 13 heavy (non-hydrogen) atoms. The van der Waals surface area contributed by atoms with Gasteiger partial charge in [0.2, 0.25) is 0 Å². The fraction of sp³-hybridized carbons (Fsp3) is 0.444. The molecule has 3 nitrogen and oxygen atoms in total. The molecule has 72 valence electrons. The van der Waals surface area contributed by atoms with Gasteiger partial charge in [-0.3, -0.25) is 4.79 Å². The molecule has 1 N–H and O–H groups in total. The molecule has 1 rings (SSSR count). The van der Waals surface area contributed by atoms with Gasteiger partial charge >= 0.3 is 0 Å². The van der Waals surface area contributed by atoms with Crippen molar-refractivity contribution in [1.29, 1.82) is 0 Å². The molecule has 0 saturated carbocycles. The zero-order valence-corrected chi connectivity index (χ0v) is 8.39. The van der Waals surface area contributed by atoms with E-state index in [0.29, 0.717) is 12.3 Å². The SMILES string of the molecule is CSCCCNC(=O)c1ccco1. The first-order valence-electron chi connectivity index (χ1n) is 4.15. The minimum atomic E-state index is -0.133. The van der Waals surface area contributed by atoms with Gasteiger partial charge in [0.15, 0.2) is 5.76 Å². The van der Waals surface area contributed by atoms with Crippen LogP contribution in [0.3, 0.4) is 0 Å². The predicted molar refractivity (Wildman–Crippen MR) is 54.0 cm³/mol. The van der Waals surface area contributed by atoms with Crippen molar-refractivity contribution >= 4 is 17.7 Å². The molecule has 0 aliphatic carbocycles. The van der Waals surface area contributed by atoms with Gasteiger partial charge < -0.3 is 9.73 Å². The molecular formula is C9H13NO2S. The summed E-state index contributed by atoms with van der Waals surface area (Å²) in [7, 11) is 0. The monoisotopic (exact) mass is 199 g/mol. The Bertz CT molecular complexity index is 246. The molecule has 0 saturated heterocycles. The van der Waals surface area contributed by atoms with Gasteiger partial charge in [-0.1, -0.05) is 0 Å². The van der Waals surface area contributed by atoms with Crippen molar-refractivity contribution in [3.63, 3.8) is 0 Å². The van der Waals surface area contributed by atoms with Crippen LogP contribution in [0.15, 0.2) is 22.8 Å². The summed E-state index contributed by atoms with van der Waals surface area (Å²) in [6, 6.07) is 3.36. The Morgan fingerprint density at radius 1 is 1.69 bits per heavy atom. The van der Waals surface area contributed by atoms with Crippen LogP contribution in [0.2, 0.25) is 0 Å². The third kappa shape index (κ3) is 3.55. The van der Waals surface area contributed by atoms with Crippen molar-refractivity contribution in [3.05, 3.63) is 24.2 Å². The molecule has 1 aromatic rings. The van der Waals surface area contributed by atoms with Gasteiger partial charge in [-0.25, -0.2) is 0 Å². The second-order valence-electron chi connectivity index (χ2n) is 2.58. The second-order valence-corrected chi connectivity index (χ2v) is 3.57. The molecule has 1 aromatic heterocycles. The number of hydrogen-bond acceptors (Lipinski definition) is 3. The molecule has 0 aromatic carbocycles. The Labute approximate surface area is 81.9 Å². The molecule has 0 unspecified atom stereocenters. The van der Waals surface area contributed by atoms with Crippen molar-refractivity contribution in [2.45, 2.75) is 6.42 Å². The quantitative estimate of drug-likeness (QED) is 0.735. The summed E-state index contributed by atoms with van der Waals surface area (Å²) < 4.78 is 4.94. The zero-order chi connectivity index (χ0) is 9.52. The predicted octanol–water partition coefficient (Wildman–Crippen LogP) is 1.76. The molecule has 0 aliphatic rings. The third-order valence-corrected chi connectivity index (χ3v) is 2.25. The first-order chi connectivity index (χ1) is 6.34. The average molecular weight is 199 g/mol. The highest BCUT2D eigenvalue weighted by molar-refractivity contribution is 7.98. The number of thioether (sulfide) groups is 1. The first-order valence-corrected chi connectivity index (χ1v) is 5.54. The summed E-state index contributed by atoms with van der Waals surface area (Å²) in [6.45, 7) is 0.709. The van der Waals surface area contributed by atoms with Crippen molar-refractivity contribution in [1.82, 2.24) is 5.32 Å². The number of furan rings is 1. The smallest absolute Gasteiger partial charge is 0.286 e. The lowest BCUT2D eigenvalue weighted by atomic mass is 10.4. The standard InChI is InChI=1S/C9H13NO2S/c1-13-7-3-5-10-9(11)8-4-2-6-12-8/h2,4,6H,3,5,7H2,1H3,(H,10,11). The fourth-order valence-corrected chi connectivity index (χ4v) is 1.35. The molecule has 1 amide bonds. The molecule has 1 heterocycles. The van der Waals surface area contributed by atoms with E-state index in [-0.39, 0.29) is 5.91 Å². The zero-order valence-electron chi connectivity index (χ0n) is 7.58. The largest absolute Gasteiger partial charge is 0.459 e. The summed E-state index contributed by atoms with van der Waals surface area (Å²) in [5, 5.41) is 2.77. The second kappa shape index (κ2) is 5.70. The van der Waals surface area contributed by atoms with Gasteiger partial charge in [-0.05, 0) is 30.6 Å². The van der Waals surface area contributed by atoms with Crippen molar-refractivity contribution in [2.75, 3.05) is 18.6 Å². The Hall–Kier alpha value is -0.900. The van der Waals surface area contributed by atoms with Gasteiger partial charge in [0.1, 0.15) is 0 Å². The highest BCUT2D eigenvalue weighted by Crippen LogP contribution is 1.99. The van der Waals surface area contributed by atoms with E-state index < -0.39 is 0 Å². The van der Waals surface area contributed by atoms with E-state index in [1.54, 1.807) is 23.9 Å². The maximum atomic E-state index is 11.3. The average Bonchev–Trinajstić information content (AvgIpc) is 2.65.